The van der Waals surface area contributed by atoms with Crippen LogP contribution in [0, 0.1) is 11.7 Å². The van der Waals surface area contributed by atoms with Gasteiger partial charge in [0.05, 0.1) is 12.3 Å². The molecule has 0 aromatic heterocycles. The number of urea groups is 1. The van der Waals surface area contributed by atoms with Crippen LogP contribution in [-0.4, -0.2) is 36.9 Å². The van der Waals surface area contributed by atoms with Crippen molar-refractivity contribution in [2.24, 2.45) is 5.92 Å². The lowest BCUT2D eigenvalue weighted by molar-refractivity contribution is 0.0559. The average Bonchev–Trinajstić information content (AvgIpc) is 2.46. The molecule has 114 valence electrons. The molecule has 0 spiro atoms. The van der Waals surface area contributed by atoms with Crippen LogP contribution in [0.15, 0.2) is 18.2 Å². The van der Waals surface area contributed by atoms with Gasteiger partial charge in [-0.1, -0.05) is 6.07 Å². The first-order valence-corrected chi connectivity index (χ1v) is 6.72. The molecular weight excluding hydrogens is 279 g/mol. The minimum Gasteiger partial charge on any atom is -0.478 e. The Morgan fingerprint density at radius 1 is 1.43 bits per heavy atom. The standard InChI is InChI=1S/C14H17FN2O4/c15-10-4-1-5-11(12(10)13(18)19)17-14(20)16-7-9-3-2-6-21-8-9/h1,4-5,9H,2-3,6-8H2,(H,18,19)(H2,16,17,20). The minimum atomic E-state index is -1.43. The molecule has 1 saturated heterocycles. The molecule has 1 aliphatic rings. The van der Waals surface area contributed by atoms with Gasteiger partial charge in [0.25, 0.3) is 0 Å². The first-order chi connectivity index (χ1) is 10.1. The van der Waals surface area contributed by atoms with Crippen LogP contribution in [0.25, 0.3) is 0 Å². The molecule has 1 fully saturated rings. The van der Waals surface area contributed by atoms with Crippen LogP contribution in [0.3, 0.4) is 0 Å². The molecule has 0 bridgehead atoms. The van der Waals surface area contributed by atoms with E-state index >= 15 is 0 Å². The first-order valence-electron chi connectivity index (χ1n) is 6.72. The van der Waals surface area contributed by atoms with E-state index in [4.69, 9.17) is 9.84 Å². The molecule has 3 N–H and O–H groups in total. The Kier molecular flexibility index (Phi) is 5.10. The number of ether oxygens (including phenoxy) is 1. The molecule has 1 aliphatic heterocycles. The van der Waals surface area contributed by atoms with E-state index in [2.05, 4.69) is 10.6 Å². The summed E-state index contributed by atoms with van der Waals surface area (Å²) in [6.07, 6.45) is 1.93. The van der Waals surface area contributed by atoms with E-state index in [1.807, 2.05) is 0 Å². The normalized spacial score (nSPS) is 18.0. The lowest BCUT2D eigenvalue weighted by Crippen LogP contribution is -2.36. The second kappa shape index (κ2) is 7.03. The summed E-state index contributed by atoms with van der Waals surface area (Å²) >= 11 is 0. The maximum atomic E-state index is 13.5. The fourth-order valence-electron chi connectivity index (χ4n) is 2.22. The number of anilines is 1. The predicted molar refractivity (Wildman–Crippen MR) is 73.9 cm³/mol. The molecule has 1 unspecified atom stereocenters. The predicted octanol–water partition coefficient (Wildman–Crippen LogP) is 2.07. The van der Waals surface area contributed by atoms with Gasteiger partial charge in [0.1, 0.15) is 11.4 Å². The molecule has 2 rings (SSSR count). The summed E-state index contributed by atoms with van der Waals surface area (Å²) in [5.74, 6) is -2.07. The molecule has 6 nitrogen and oxygen atoms in total. The Labute approximate surface area is 121 Å². The topological polar surface area (TPSA) is 87.7 Å². The van der Waals surface area contributed by atoms with Crippen molar-refractivity contribution in [2.45, 2.75) is 12.8 Å². The Morgan fingerprint density at radius 3 is 2.90 bits per heavy atom. The van der Waals surface area contributed by atoms with E-state index in [1.165, 1.54) is 12.1 Å². The summed E-state index contributed by atoms with van der Waals surface area (Å²) in [7, 11) is 0. The van der Waals surface area contributed by atoms with Crippen molar-refractivity contribution < 1.29 is 23.8 Å². The maximum absolute atomic E-state index is 13.5. The summed E-state index contributed by atoms with van der Waals surface area (Å²) in [6, 6.07) is 3.15. The highest BCUT2D eigenvalue weighted by atomic mass is 19.1. The average molecular weight is 296 g/mol. The number of carboxylic acids is 1. The van der Waals surface area contributed by atoms with Crippen molar-refractivity contribution in [3.8, 4) is 0 Å². The smallest absolute Gasteiger partial charge is 0.340 e. The number of benzene rings is 1. The Hall–Kier alpha value is -2.15. The number of rotatable bonds is 4. The third-order valence-electron chi connectivity index (χ3n) is 3.28. The van der Waals surface area contributed by atoms with Crippen molar-refractivity contribution in [1.29, 1.82) is 0 Å². The summed E-state index contributed by atoms with van der Waals surface area (Å²) < 4.78 is 18.8. The highest BCUT2D eigenvalue weighted by Crippen LogP contribution is 2.19. The molecule has 0 saturated carbocycles. The number of carboxylic acid groups (broad SMARTS) is 1. The summed E-state index contributed by atoms with van der Waals surface area (Å²) in [4.78, 5) is 22.8. The van der Waals surface area contributed by atoms with E-state index in [0.29, 0.717) is 13.2 Å². The van der Waals surface area contributed by atoms with Crippen LogP contribution >= 0.6 is 0 Å². The quantitative estimate of drug-likeness (QED) is 0.793. The lowest BCUT2D eigenvalue weighted by atomic mass is 10.0. The van der Waals surface area contributed by atoms with Gasteiger partial charge >= 0.3 is 12.0 Å². The second-order valence-corrected chi connectivity index (χ2v) is 4.89. The van der Waals surface area contributed by atoms with Crippen LogP contribution in [0.4, 0.5) is 14.9 Å². The molecule has 2 amide bonds. The highest BCUT2D eigenvalue weighted by molar-refractivity contribution is 6.00. The molecule has 1 heterocycles. The number of nitrogens with one attached hydrogen (secondary N) is 2. The number of halogens is 1. The number of hydrogen-bond acceptors (Lipinski definition) is 3. The number of carbonyl (C=O) groups is 2. The van der Waals surface area contributed by atoms with Gasteiger partial charge in [-0.3, -0.25) is 0 Å². The minimum absolute atomic E-state index is 0.0695. The number of aromatic carboxylic acids is 1. The Balaban J connectivity index is 1.93. The molecule has 1 aromatic rings. The summed E-state index contributed by atoms with van der Waals surface area (Å²) in [5.41, 5.74) is -0.617. The molecule has 1 aromatic carbocycles. The largest absolute Gasteiger partial charge is 0.478 e. The molecule has 0 aliphatic carbocycles. The van der Waals surface area contributed by atoms with E-state index in [0.717, 1.165) is 25.5 Å². The Bertz CT molecular complexity index is 530. The van der Waals surface area contributed by atoms with Crippen LogP contribution in [0.5, 0.6) is 0 Å². The van der Waals surface area contributed by atoms with E-state index in [-0.39, 0.29) is 11.6 Å². The zero-order valence-corrected chi connectivity index (χ0v) is 11.4. The lowest BCUT2D eigenvalue weighted by Gasteiger charge is -2.22. The van der Waals surface area contributed by atoms with Crippen molar-refractivity contribution in [1.82, 2.24) is 5.32 Å². The SMILES string of the molecule is O=C(NCC1CCCOC1)Nc1cccc(F)c1C(=O)O. The van der Waals surface area contributed by atoms with Gasteiger partial charge in [-0.25, -0.2) is 14.0 Å². The van der Waals surface area contributed by atoms with Gasteiger partial charge in [-0.2, -0.15) is 0 Å². The monoisotopic (exact) mass is 296 g/mol. The third-order valence-corrected chi connectivity index (χ3v) is 3.28. The van der Waals surface area contributed by atoms with Crippen LogP contribution < -0.4 is 10.6 Å². The van der Waals surface area contributed by atoms with E-state index in [1.54, 1.807) is 0 Å². The van der Waals surface area contributed by atoms with Crippen LogP contribution in [0.1, 0.15) is 23.2 Å². The summed E-state index contributed by atoms with van der Waals surface area (Å²) in [5, 5.41) is 14.0. The van der Waals surface area contributed by atoms with Crippen molar-refractivity contribution in [3.05, 3.63) is 29.6 Å². The third kappa shape index (κ3) is 4.16. The number of carbonyl (C=O) groups excluding carboxylic acids is 1. The van der Waals surface area contributed by atoms with E-state index in [9.17, 15) is 14.0 Å². The molecule has 21 heavy (non-hydrogen) atoms. The van der Waals surface area contributed by atoms with Gasteiger partial charge in [-0.15, -0.1) is 0 Å². The molecule has 1 atom stereocenters. The second-order valence-electron chi connectivity index (χ2n) is 4.89. The van der Waals surface area contributed by atoms with Crippen molar-refractivity contribution in [2.75, 3.05) is 25.1 Å². The highest BCUT2D eigenvalue weighted by Gasteiger charge is 2.18. The van der Waals surface area contributed by atoms with Gasteiger partial charge in [-0.05, 0) is 30.9 Å². The Morgan fingerprint density at radius 2 is 2.24 bits per heavy atom. The van der Waals surface area contributed by atoms with Gasteiger partial charge < -0.3 is 20.5 Å². The van der Waals surface area contributed by atoms with E-state index < -0.39 is 23.4 Å². The zero-order valence-electron chi connectivity index (χ0n) is 11.4. The molecular formula is C14H17FN2O4. The fourth-order valence-corrected chi connectivity index (χ4v) is 2.22. The molecule has 7 heteroatoms. The zero-order chi connectivity index (χ0) is 15.2. The van der Waals surface area contributed by atoms with Crippen molar-refractivity contribution >= 4 is 17.7 Å². The fraction of sp³-hybridized carbons (Fsp3) is 0.429. The summed E-state index contributed by atoms with van der Waals surface area (Å²) in [6.45, 7) is 1.78. The van der Waals surface area contributed by atoms with Crippen LogP contribution in [-0.2, 0) is 4.74 Å². The van der Waals surface area contributed by atoms with Gasteiger partial charge in [0.2, 0.25) is 0 Å². The first kappa shape index (κ1) is 15.2. The van der Waals surface area contributed by atoms with Gasteiger partial charge in [0.15, 0.2) is 0 Å². The molecule has 0 radical (unpaired) electrons. The number of amides is 2. The number of hydrogen-bond donors (Lipinski definition) is 3. The maximum Gasteiger partial charge on any atom is 0.340 e. The van der Waals surface area contributed by atoms with Gasteiger partial charge in [0, 0.05) is 13.2 Å². The van der Waals surface area contributed by atoms with Crippen molar-refractivity contribution in [3.63, 3.8) is 0 Å². The van der Waals surface area contributed by atoms with Crippen LogP contribution in [0.2, 0.25) is 0 Å².